The van der Waals surface area contributed by atoms with Gasteiger partial charge in [0.25, 0.3) is 5.91 Å². The first-order chi connectivity index (χ1) is 12.6. The van der Waals surface area contributed by atoms with Gasteiger partial charge in [-0.05, 0) is 39.3 Å². The highest BCUT2D eigenvalue weighted by atomic mass is 16.6. The second-order valence-corrected chi connectivity index (χ2v) is 7.42. The van der Waals surface area contributed by atoms with Crippen LogP contribution in [0, 0.1) is 0 Å². The fraction of sp³-hybridized carbons (Fsp3) is 0.526. The number of rotatable bonds is 5. The quantitative estimate of drug-likeness (QED) is 0.848. The van der Waals surface area contributed by atoms with Crippen LogP contribution < -0.4 is 10.2 Å². The van der Waals surface area contributed by atoms with Crippen molar-refractivity contribution in [1.29, 1.82) is 0 Å². The van der Waals surface area contributed by atoms with Crippen molar-refractivity contribution in [2.75, 3.05) is 44.1 Å². The Morgan fingerprint density at radius 2 is 1.96 bits per heavy atom. The van der Waals surface area contributed by atoms with Gasteiger partial charge >= 0.3 is 6.09 Å². The lowest BCUT2D eigenvalue weighted by Gasteiger charge is -2.24. The van der Waals surface area contributed by atoms with Gasteiger partial charge in [0, 0.05) is 37.6 Å². The largest absolute Gasteiger partial charge is 0.444 e. The van der Waals surface area contributed by atoms with Crippen LogP contribution in [0.15, 0.2) is 18.2 Å². The summed E-state index contributed by atoms with van der Waals surface area (Å²) in [4.78, 5) is 39.3. The lowest BCUT2D eigenvalue weighted by molar-refractivity contribution is -0.122. The Labute approximate surface area is 159 Å². The third-order valence-corrected chi connectivity index (χ3v) is 3.96. The SMILES string of the molecule is COCC(=O)N1CCc2c(NC(=O)CN(C)C(=O)OC(C)(C)C)cccc21. The summed E-state index contributed by atoms with van der Waals surface area (Å²) in [5.41, 5.74) is 1.69. The van der Waals surface area contributed by atoms with Gasteiger partial charge in [-0.15, -0.1) is 0 Å². The summed E-state index contributed by atoms with van der Waals surface area (Å²) in [6, 6.07) is 5.41. The van der Waals surface area contributed by atoms with Crippen molar-refractivity contribution >= 4 is 29.3 Å². The molecule has 1 aliphatic heterocycles. The fourth-order valence-electron chi connectivity index (χ4n) is 2.82. The van der Waals surface area contributed by atoms with Crippen molar-refractivity contribution in [2.24, 2.45) is 0 Å². The molecule has 0 saturated carbocycles. The first-order valence-electron chi connectivity index (χ1n) is 8.77. The highest BCUT2D eigenvalue weighted by Crippen LogP contribution is 2.33. The van der Waals surface area contributed by atoms with E-state index in [1.54, 1.807) is 37.8 Å². The molecule has 3 amide bonds. The van der Waals surface area contributed by atoms with E-state index in [0.29, 0.717) is 18.7 Å². The molecule has 27 heavy (non-hydrogen) atoms. The van der Waals surface area contributed by atoms with Crippen LogP contribution in [-0.4, -0.2) is 62.3 Å². The van der Waals surface area contributed by atoms with E-state index in [1.807, 2.05) is 6.07 Å². The number of ether oxygens (including phenoxy) is 2. The summed E-state index contributed by atoms with van der Waals surface area (Å²) < 4.78 is 10.2. The molecule has 0 bridgehead atoms. The van der Waals surface area contributed by atoms with Crippen LogP contribution in [0.2, 0.25) is 0 Å². The molecular formula is C19H27N3O5. The molecule has 1 heterocycles. The second kappa shape index (κ2) is 8.39. The molecule has 0 aromatic heterocycles. The van der Waals surface area contributed by atoms with Gasteiger partial charge in [-0.3, -0.25) is 9.59 Å². The molecule has 1 aromatic rings. The third-order valence-electron chi connectivity index (χ3n) is 3.96. The molecule has 148 valence electrons. The van der Waals surface area contributed by atoms with Gasteiger partial charge in [0.05, 0.1) is 0 Å². The molecule has 1 N–H and O–H groups in total. The zero-order valence-corrected chi connectivity index (χ0v) is 16.5. The highest BCUT2D eigenvalue weighted by molar-refractivity contribution is 6.00. The van der Waals surface area contributed by atoms with E-state index in [1.165, 1.54) is 19.1 Å². The van der Waals surface area contributed by atoms with E-state index in [4.69, 9.17) is 9.47 Å². The van der Waals surface area contributed by atoms with Crippen molar-refractivity contribution in [1.82, 2.24) is 4.90 Å². The Morgan fingerprint density at radius 3 is 2.59 bits per heavy atom. The predicted molar refractivity (Wildman–Crippen MR) is 102 cm³/mol. The predicted octanol–water partition coefficient (Wildman–Crippen LogP) is 2.03. The molecule has 0 saturated heterocycles. The molecule has 0 unspecified atom stereocenters. The number of amides is 3. The summed E-state index contributed by atoms with van der Waals surface area (Å²) in [6.45, 7) is 5.72. The van der Waals surface area contributed by atoms with Gasteiger partial charge in [-0.1, -0.05) is 6.07 Å². The lowest BCUT2D eigenvalue weighted by Crippen LogP contribution is -2.38. The summed E-state index contributed by atoms with van der Waals surface area (Å²) in [5, 5.41) is 2.82. The molecule has 2 rings (SSSR count). The first-order valence-corrected chi connectivity index (χ1v) is 8.77. The normalized spacial score (nSPS) is 13.1. The molecule has 1 aromatic carbocycles. The van der Waals surface area contributed by atoms with Crippen LogP contribution in [0.4, 0.5) is 16.2 Å². The Kier molecular flexibility index (Phi) is 6.43. The number of benzene rings is 1. The maximum atomic E-state index is 12.3. The number of hydrogen-bond donors (Lipinski definition) is 1. The van der Waals surface area contributed by atoms with E-state index in [9.17, 15) is 14.4 Å². The number of likely N-dealkylation sites (N-methyl/N-ethyl adjacent to an activating group) is 1. The topological polar surface area (TPSA) is 88.2 Å². The lowest BCUT2D eigenvalue weighted by atomic mass is 10.1. The Morgan fingerprint density at radius 1 is 1.26 bits per heavy atom. The maximum absolute atomic E-state index is 12.3. The molecule has 8 nitrogen and oxygen atoms in total. The van der Waals surface area contributed by atoms with Crippen molar-refractivity contribution in [3.63, 3.8) is 0 Å². The third kappa shape index (κ3) is 5.43. The maximum Gasteiger partial charge on any atom is 0.410 e. The van der Waals surface area contributed by atoms with Crippen LogP contribution >= 0.6 is 0 Å². The molecule has 0 aliphatic carbocycles. The van der Waals surface area contributed by atoms with Crippen LogP contribution in [0.5, 0.6) is 0 Å². The molecule has 0 radical (unpaired) electrons. The number of carbonyl (C=O) groups excluding carboxylic acids is 3. The van der Waals surface area contributed by atoms with Gasteiger partial charge in [-0.2, -0.15) is 0 Å². The molecule has 0 spiro atoms. The van der Waals surface area contributed by atoms with Gasteiger partial charge in [0.2, 0.25) is 5.91 Å². The van der Waals surface area contributed by atoms with Crippen molar-refractivity contribution < 1.29 is 23.9 Å². The van der Waals surface area contributed by atoms with Crippen LogP contribution in [-0.2, 0) is 25.5 Å². The summed E-state index contributed by atoms with van der Waals surface area (Å²) in [6.07, 6.45) is 0.0793. The summed E-state index contributed by atoms with van der Waals surface area (Å²) in [7, 11) is 2.99. The number of nitrogens with one attached hydrogen (secondary N) is 1. The monoisotopic (exact) mass is 377 g/mol. The van der Waals surface area contributed by atoms with E-state index in [0.717, 1.165) is 11.3 Å². The number of nitrogens with zero attached hydrogens (tertiary/aromatic N) is 2. The Balaban J connectivity index is 2.03. The number of anilines is 2. The van der Waals surface area contributed by atoms with Crippen LogP contribution in [0.25, 0.3) is 0 Å². The Hall–Kier alpha value is -2.61. The van der Waals surface area contributed by atoms with E-state index >= 15 is 0 Å². The van der Waals surface area contributed by atoms with Gasteiger partial charge in [0.15, 0.2) is 0 Å². The number of hydrogen-bond acceptors (Lipinski definition) is 5. The smallest absolute Gasteiger partial charge is 0.410 e. The molecule has 1 aliphatic rings. The number of fused-ring (bicyclic) bond motifs is 1. The summed E-state index contributed by atoms with van der Waals surface area (Å²) in [5.74, 6) is -0.456. The van der Waals surface area contributed by atoms with Crippen LogP contribution in [0.1, 0.15) is 26.3 Å². The van der Waals surface area contributed by atoms with Gasteiger partial charge < -0.3 is 24.6 Å². The first kappa shape index (κ1) is 20.7. The molecule has 0 fully saturated rings. The fourth-order valence-corrected chi connectivity index (χ4v) is 2.82. The second-order valence-electron chi connectivity index (χ2n) is 7.42. The van der Waals surface area contributed by atoms with Crippen LogP contribution in [0.3, 0.4) is 0 Å². The molecule has 0 atom stereocenters. The minimum absolute atomic E-state index is 0.0106. The minimum Gasteiger partial charge on any atom is -0.444 e. The van der Waals surface area contributed by atoms with Crippen molar-refractivity contribution in [3.05, 3.63) is 23.8 Å². The molecular weight excluding hydrogens is 350 g/mol. The van der Waals surface area contributed by atoms with E-state index in [2.05, 4.69) is 5.32 Å². The van der Waals surface area contributed by atoms with Crippen molar-refractivity contribution in [3.8, 4) is 0 Å². The number of carbonyl (C=O) groups is 3. The molecule has 8 heteroatoms. The zero-order valence-electron chi connectivity index (χ0n) is 16.5. The minimum atomic E-state index is -0.625. The average molecular weight is 377 g/mol. The zero-order chi connectivity index (χ0) is 20.2. The Bertz CT molecular complexity index is 727. The van der Waals surface area contributed by atoms with E-state index in [-0.39, 0.29) is 25.0 Å². The standard InChI is InChI=1S/C19H27N3O5/c1-19(2,3)27-18(25)21(4)11-16(23)20-14-7-6-8-15-13(14)9-10-22(15)17(24)12-26-5/h6-8H,9-12H2,1-5H3,(H,20,23). The van der Waals surface area contributed by atoms with Gasteiger partial charge in [0.1, 0.15) is 18.8 Å². The highest BCUT2D eigenvalue weighted by Gasteiger charge is 2.27. The average Bonchev–Trinajstić information content (AvgIpc) is 2.98. The van der Waals surface area contributed by atoms with Gasteiger partial charge in [-0.25, -0.2) is 4.79 Å². The summed E-state index contributed by atoms with van der Waals surface area (Å²) >= 11 is 0. The van der Waals surface area contributed by atoms with E-state index < -0.39 is 11.7 Å². The number of methoxy groups -OCH3 is 1. The van der Waals surface area contributed by atoms with Crippen molar-refractivity contribution in [2.45, 2.75) is 32.8 Å².